The van der Waals surface area contributed by atoms with Gasteiger partial charge in [-0.25, -0.2) is 0 Å². The van der Waals surface area contributed by atoms with Gasteiger partial charge < -0.3 is 4.74 Å². The molecule has 28 heavy (non-hydrogen) atoms. The summed E-state index contributed by atoms with van der Waals surface area (Å²) in [5, 5.41) is 8.04. The van der Waals surface area contributed by atoms with Crippen LogP contribution in [0.2, 0.25) is 0 Å². The maximum absolute atomic E-state index is 12.2. The first-order valence-corrected chi connectivity index (χ1v) is 9.69. The summed E-state index contributed by atoms with van der Waals surface area (Å²) in [5.74, 6) is -0.220. The Morgan fingerprint density at radius 3 is 2.46 bits per heavy atom. The van der Waals surface area contributed by atoms with Crippen LogP contribution in [0.4, 0.5) is 0 Å². The van der Waals surface area contributed by atoms with Crippen LogP contribution in [0.1, 0.15) is 19.4 Å². The van der Waals surface area contributed by atoms with Gasteiger partial charge in [0.2, 0.25) is 0 Å². The maximum atomic E-state index is 12.2. The highest BCUT2D eigenvalue weighted by atomic mass is 32.2. The van der Waals surface area contributed by atoms with Crippen molar-refractivity contribution in [2.75, 3.05) is 6.61 Å². The van der Waals surface area contributed by atoms with Crippen molar-refractivity contribution in [2.24, 2.45) is 0 Å². The number of ether oxygens (including phenoxy) is 1. The summed E-state index contributed by atoms with van der Waals surface area (Å²) in [5.41, 5.74) is 1.90. The molecule has 8 heteroatoms. The molecular weight excluding hydrogens is 376 g/mol. The summed E-state index contributed by atoms with van der Waals surface area (Å²) in [6.45, 7) is 3.79. The fourth-order valence-corrected chi connectivity index (χ4v) is 3.53. The number of pyridine rings is 1. The van der Waals surface area contributed by atoms with Gasteiger partial charge in [-0.2, -0.15) is 0 Å². The van der Waals surface area contributed by atoms with Crippen LogP contribution in [-0.2, 0) is 20.9 Å². The molecule has 0 saturated carbocycles. The smallest absolute Gasteiger partial charge is 0.327 e. The number of aromatic nitrogens is 4. The van der Waals surface area contributed by atoms with Crippen molar-refractivity contribution in [3.05, 3.63) is 60.4 Å². The number of esters is 1. The number of rotatable bonds is 8. The molecule has 0 aliphatic heterocycles. The van der Waals surface area contributed by atoms with Crippen molar-refractivity contribution in [2.45, 2.75) is 30.8 Å². The minimum atomic E-state index is -0.982. The normalized spacial score (nSPS) is 11.8. The molecule has 1 aromatic carbocycles. The minimum Gasteiger partial charge on any atom is -0.465 e. The third kappa shape index (κ3) is 4.64. The number of ketones is 1. The molecule has 7 nitrogen and oxygen atoms in total. The van der Waals surface area contributed by atoms with Crippen LogP contribution < -0.4 is 0 Å². The van der Waals surface area contributed by atoms with Gasteiger partial charge in [0, 0.05) is 18.0 Å². The van der Waals surface area contributed by atoms with E-state index in [0.29, 0.717) is 17.5 Å². The zero-order valence-electron chi connectivity index (χ0n) is 15.6. The molecule has 0 fully saturated rings. The quantitative estimate of drug-likeness (QED) is 0.329. The lowest BCUT2D eigenvalue weighted by molar-refractivity contribution is -0.144. The van der Waals surface area contributed by atoms with E-state index < -0.39 is 11.2 Å². The van der Waals surface area contributed by atoms with Gasteiger partial charge in [0.05, 0.1) is 13.2 Å². The molecule has 0 aliphatic carbocycles. The van der Waals surface area contributed by atoms with E-state index in [1.54, 1.807) is 19.3 Å². The lowest BCUT2D eigenvalue weighted by Crippen LogP contribution is -2.27. The topological polar surface area (TPSA) is 87.0 Å². The van der Waals surface area contributed by atoms with Gasteiger partial charge in [0.25, 0.3) is 0 Å². The molecule has 0 bridgehead atoms. The Morgan fingerprint density at radius 1 is 1.11 bits per heavy atom. The highest BCUT2D eigenvalue weighted by Crippen LogP contribution is 2.28. The number of carbonyl (C=O) groups is 2. The SMILES string of the molecule is CCOC(=O)C(Sc1nnc(-c2ccncc2)n1Cc1ccccc1)C(C)=O. The third-order valence-electron chi connectivity index (χ3n) is 3.93. The molecule has 2 heterocycles. The molecule has 0 saturated heterocycles. The Hall–Kier alpha value is -3.00. The summed E-state index contributed by atoms with van der Waals surface area (Å²) < 4.78 is 6.93. The number of nitrogens with zero attached hydrogens (tertiary/aromatic N) is 4. The molecule has 2 aromatic heterocycles. The first-order chi connectivity index (χ1) is 13.6. The standard InChI is InChI=1S/C20H20N4O3S/c1-3-27-19(26)17(14(2)25)28-20-23-22-18(16-9-11-21-12-10-16)24(20)13-15-7-5-4-6-8-15/h4-12,17H,3,13H2,1-2H3. The molecule has 0 radical (unpaired) electrons. The Morgan fingerprint density at radius 2 is 1.82 bits per heavy atom. The van der Waals surface area contributed by atoms with Crippen molar-refractivity contribution in [1.29, 1.82) is 0 Å². The van der Waals surface area contributed by atoms with Crippen LogP contribution in [0, 0.1) is 0 Å². The highest BCUT2D eigenvalue weighted by molar-refractivity contribution is 8.01. The van der Waals surface area contributed by atoms with E-state index in [2.05, 4.69) is 15.2 Å². The summed E-state index contributed by atoms with van der Waals surface area (Å²) in [6, 6.07) is 13.5. The van der Waals surface area contributed by atoms with Crippen LogP contribution >= 0.6 is 11.8 Å². The van der Waals surface area contributed by atoms with Crippen molar-refractivity contribution < 1.29 is 14.3 Å². The van der Waals surface area contributed by atoms with E-state index in [1.165, 1.54) is 6.92 Å². The zero-order chi connectivity index (χ0) is 19.9. The summed E-state index contributed by atoms with van der Waals surface area (Å²) in [6.07, 6.45) is 3.36. The molecule has 1 atom stereocenters. The molecule has 0 N–H and O–H groups in total. The van der Waals surface area contributed by atoms with Gasteiger partial charge in [-0.15, -0.1) is 10.2 Å². The number of hydrogen-bond donors (Lipinski definition) is 0. The average molecular weight is 396 g/mol. The van der Waals surface area contributed by atoms with Gasteiger partial charge in [-0.3, -0.25) is 19.1 Å². The lowest BCUT2D eigenvalue weighted by atomic mass is 10.2. The number of Topliss-reactive ketones (excluding diaryl/α,β-unsaturated/α-hetero) is 1. The van der Waals surface area contributed by atoms with Crippen LogP contribution in [0.15, 0.2) is 60.0 Å². The summed E-state index contributed by atoms with van der Waals surface area (Å²) >= 11 is 1.06. The molecule has 1 unspecified atom stereocenters. The average Bonchev–Trinajstić information content (AvgIpc) is 3.09. The van der Waals surface area contributed by atoms with Crippen molar-refractivity contribution in [3.8, 4) is 11.4 Å². The Bertz CT molecular complexity index is 945. The number of benzene rings is 1. The minimum absolute atomic E-state index is 0.210. The molecule has 0 spiro atoms. The lowest BCUT2D eigenvalue weighted by Gasteiger charge is -2.14. The summed E-state index contributed by atoms with van der Waals surface area (Å²) in [4.78, 5) is 28.3. The van der Waals surface area contributed by atoms with Gasteiger partial charge in [-0.05, 0) is 31.5 Å². The fraction of sp³-hybridized carbons (Fsp3) is 0.250. The molecular formula is C20H20N4O3S. The van der Waals surface area contributed by atoms with E-state index in [-0.39, 0.29) is 12.4 Å². The van der Waals surface area contributed by atoms with E-state index in [0.717, 1.165) is 22.9 Å². The second-order valence-corrected chi connectivity index (χ2v) is 7.05. The second-order valence-electron chi connectivity index (χ2n) is 5.97. The monoisotopic (exact) mass is 396 g/mol. The number of carbonyl (C=O) groups excluding carboxylic acids is 2. The van der Waals surface area contributed by atoms with Gasteiger partial charge in [0.1, 0.15) is 0 Å². The Labute approximate surface area is 167 Å². The van der Waals surface area contributed by atoms with Gasteiger partial charge in [0.15, 0.2) is 22.0 Å². The van der Waals surface area contributed by atoms with Gasteiger partial charge in [-0.1, -0.05) is 42.1 Å². The zero-order valence-corrected chi connectivity index (χ0v) is 16.4. The Balaban J connectivity index is 1.99. The number of hydrogen-bond acceptors (Lipinski definition) is 7. The fourth-order valence-electron chi connectivity index (χ4n) is 2.62. The van der Waals surface area contributed by atoms with Crippen molar-refractivity contribution in [3.63, 3.8) is 0 Å². The van der Waals surface area contributed by atoms with E-state index >= 15 is 0 Å². The van der Waals surface area contributed by atoms with Gasteiger partial charge >= 0.3 is 5.97 Å². The highest BCUT2D eigenvalue weighted by Gasteiger charge is 2.29. The third-order valence-corrected chi connectivity index (χ3v) is 5.20. The Kier molecular flexibility index (Phi) is 6.54. The largest absolute Gasteiger partial charge is 0.465 e. The predicted octanol–water partition coefficient (Wildman–Crippen LogP) is 3.00. The maximum Gasteiger partial charge on any atom is 0.327 e. The van der Waals surface area contributed by atoms with Crippen LogP contribution in [0.3, 0.4) is 0 Å². The molecule has 144 valence electrons. The first-order valence-electron chi connectivity index (χ1n) is 8.81. The molecule has 3 rings (SSSR count). The molecule has 0 aliphatic rings. The molecule has 3 aromatic rings. The summed E-state index contributed by atoms with van der Waals surface area (Å²) in [7, 11) is 0. The first kappa shape index (κ1) is 19.8. The van der Waals surface area contributed by atoms with Crippen LogP contribution in [0.25, 0.3) is 11.4 Å². The van der Waals surface area contributed by atoms with Crippen LogP contribution in [0.5, 0.6) is 0 Å². The second kappa shape index (κ2) is 9.27. The van der Waals surface area contributed by atoms with Crippen LogP contribution in [-0.4, -0.2) is 43.4 Å². The van der Waals surface area contributed by atoms with Crippen molar-refractivity contribution >= 4 is 23.5 Å². The predicted molar refractivity (Wildman–Crippen MR) is 106 cm³/mol. The van der Waals surface area contributed by atoms with Crippen molar-refractivity contribution in [1.82, 2.24) is 19.7 Å². The van der Waals surface area contributed by atoms with E-state index in [9.17, 15) is 9.59 Å². The number of thioether (sulfide) groups is 1. The molecule has 0 amide bonds. The van der Waals surface area contributed by atoms with E-state index in [1.807, 2.05) is 47.0 Å². The van der Waals surface area contributed by atoms with E-state index in [4.69, 9.17) is 4.74 Å².